The van der Waals surface area contributed by atoms with Gasteiger partial charge in [0.1, 0.15) is 11.7 Å². The van der Waals surface area contributed by atoms with Gasteiger partial charge in [0.05, 0.1) is 24.5 Å². The number of anilines is 2. The van der Waals surface area contributed by atoms with Gasteiger partial charge in [0, 0.05) is 10.0 Å². The van der Waals surface area contributed by atoms with Crippen molar-refractivity contribution < 1.29 is 19.2 Å². The first-order chi connectivity index (χ1) is 15.5. The molecule has 0 unspecified atom stereocenters. The molecule has 2 heterocycles. The van der Waals surface area contributed by atoms with Crippen LogP contribution in [0.25, 0.3) is 0 Å². The topological polar surface area (TPSA) is 59.1 Å². The number of nitrogens with zero attached hydrogens (tertiary/aromatic N) is 2. The number of ether oxygens (including phenoxy) is 1. The Balaban J connectivity index is 1.65. The highest BCUT2D eigenvalue weighted by atomic mass is 79.9. The maximum absolute atomic E-state index is 13.7. The van der Waals surface area contributed by atoms with E-state index in [0.717, 1.165) is 21.3 Å². The van der Waals surface area contributed by atoms with E-state index in [9.17, 15) is 9.59 Å². The van der Waals surface area contributed by atoms with Crippen LogP contribution in [0.4, 0.5) is 11.4 Å². The van der Waals surface area contributed by atoms with Crippen molar-refractivity contribution in [3.05, 3.63) is 88.4 Å². The van der Waals surface area contributed by atoms with Crippen molar-refractivity contribution in [1.29, 1.82) is 0 Å². The summed E-state index contributed by atoms with van der Waals surface area (Å²) < 4.78 is 6.47. The lowest BCUT2D eigenvalue weighted by Gasteiger charge is -2.30. The fourth-order valence-electron chi connectivity index (χ4n) is 4.52. The lowest BCUT2D eigenvalue weighted by atomic mass is 9.90. The van der Waals surface area contributed by atoms with Crippen molar-refractivity contribution in [2.45, 2.75) is 19.1 Å². The number of amides is 2. The molecule has 3 aromatic carbocycles. The third-order valence-corrected chi connectivity index (χ3v) is 6.49. The second-order valence-electron chi connectivity index (χ2n) is 7.84. The summed E-state index contributed by atoms with van der Waals surface area (Å²) in [6.45, 7) is 1.88. The van der Waals surface area contributed by atoms with E-state index in [-0.39, 0.29) is 11.8 Å². The van der Waals surface area contributed by atoms with Crippen molar-refractivity contribution in [3.63, 3.8) is 0 Å². The van der Waals surface area contributed by atoms with Gasteiger partial charge in [-0.15, -0.1) is 0 Å². The minimum absolute atomic E-state index is 0.278. The number of para-hydroxylation sites is 2. The number of benzene rings is 3. The van der Waals surface area contributed by atoms with E-state index in [4.69, 9.17) is 9.57 Å². The molecule has 3 aromatic rings. The molecule has 0 N–H and O–H groups in total. The zero-order valence-electron chi connectivity index (χ0n) is 17.6. The standard InChI is InChI=1S/C25H21BrN2O4/c1-15-8-6-7-11-19(15)27-24(29)21-22(18-14-16(26)12-13-20(18)31-2)28(32-23(21)25(27)30)17-9-4-3-5-10-17/h3-14,21-23H,1-2H3/t21-,22-,23-/m1/s1. The van der Waals surface area contributed by atoms with E-state index in [2.05, 4.69) is 15.9 Å². The van der Waals surface area contributed by atoms with Gasteiger partial charge < -0.3 is 4.74 Å². The summed E-state index contributed by atoms with van der Waals surface area (Å²) in [6.07, 6.45) is -0.920. The van der Waals surface area contributed by atoms with Crippen LogP contribution in [-0.4, -0.2) is 25.0 Å². The van der Waals surface area contributed by atoms with Crippen molar-refractivity contribution in [2.75, 3.05) is 17.1 Å². The number of rotatable bonds is 4. The highest BCUT2D eigenvalue weighted by Gasteiger charge is 2.60. The Morgan fingerprint density at radius 2 is 1.66 bits per heavy atom. The zero-order chi connectivity index (χ0) is 22.4. The first kappa shape index (κ1) is 20.7. The first-order valence-electron chi connectivity index (χ1n) is 10.3. The number of aryl methyl sites for hydroxylation is 1. The summed E-state index contributed by atoms with van der Waals surface area (Å²) in [5.41, 5.74) is 2.97. The van der Waals surface area contributed by atoms with Crippen LogP contribution in [0.2, 0.25) is 0 Å². The first-order valence-corrected chi connectivity index (χ1v) is 11.1. The Hall–Kier alpha value is -3.16. The van der Waals surface area contributed by atoms with Crippen LogP contribution in [0.5, 0.6) is 5.75 Å². The summed E-state index contributed by atoms with van der Waals surface area (Å²) in [5.74, 6) is -0.727. The van der Waals surface area contributed by atoms with Gasteiger partial charge in [0.2, 0.25) is 5.91 Å². The lowest BCUT2D eigenvalue weighted by Crippen LogP contribution is -2.37. The number of hydrogen-bond donors (Lipinski definition) is 0. The van der Waals surface area contributed by atoms with Crippen LogP contribution >= 0.6 is 15.9 Å². The molecule has 0 bridgehead atoms. The number of carbonyl (C=O) groups is 2. The molecule has 2 amide bonds. The van der Waals surface area contributed by atoms with Gasteiger partial charge in [0.15, 0.2) is 6.10 Å². The molecule has 0 radical (unpaired) electrons. The zero-order valence-corrected chi connectivity index (χ0v) is 19.2. The Morgan fingerprint density at radius 1 is 0.938 bits per heavy atom. The Morgan fingerprint density at radius 3 is 2.38 bits per heavy atom. The summed E-state index contributed by atoms with van der Waals surface area (Å²) in [7, 11) is 1.59. The molecule has 3 atom stereocenters. The van der Waals surface area contributed by atoms with Gasteiger partial charge in [-0.2, -0.15) is 0 Å². The molecule has 2 aliphatic rings. The third-order valence-electron chi connectivity index (χ3n) is 5.99. The second kappa shape index (κ2) is 8.07. The van der Waals surface area contributed by atoms with Crippen LogP contribution in [0.3, 0.4) is 0 Å². The molecule has 2 saturated heterocycles. The normalized spacial score (nSPS) is 22.4. The SMILES string of the molecule is COc1ccc(Br)cc1[C@@H]1[C@H]2C(=O)N(c3ccccc3C)C(=O)[C@@H]2ON1c1ccccc1. The van der Waals surface area contributed by atoms with Crippen LogP contribution in [0.15, 0.2) is 77.3 Å². The van der Waals surface area contributed by atoms with Gasteiger partial charge in [0.25, 0.3) is 5.91 Å². The molecular formula is C25H21BrN2O4. The van der Waals surface area contributed by atoms with Gasteiger partial charge in [-0.05, 0) is 48.9 Å². The van der Waals surface area contributed by atoms with Gasteiger partial charge in [-0.25, -0.2) is 9.96 Å². The molecule has 162 valence electrons. The van der Waals surface area contributed by atoms with Crippen molar-refractivity contribution in [1.82, 2.24) is 0 Å². The predicted molar refractivity (Wildman–Crippen MR) is 124 cm³/mol. The highest BCUT2D eigenvalue weighted by molar-refractivity contribution is 9.10. The quantitative estimate of drug-likeness (QED) is 0.488. The number of carbonyl (C=O) groups excluding carboxylic acids is 2. The van der Waals surface area contributed by atoms with Crippen LogP contribution < -0.4 is 14.7 Å². The van der Waals surface area contributed by atoms with E-state index in [0.29, 0.717) is 11.4 Å². The summed E-state index contributed by atoms with van der Waals surface area (Å²) in [6, 6.07) is 22.0. The summed E-state index contributed by atoms with van der Waals surface area (Å²) in [4.78, 5) is 34.7. The molecule has 5 rings (SSSR count). The minimum atomic E-state index is -0.920. The lowest BCUT2D eigenvalue weighted by molar-refractivity contribution is -0.126. The van der Waals surface area contributed by atoms with Crippen LogP contribution in [-0.2, 0) is 14.4 Å². The second-order valence-corrected chi connectivity index (χ2v) is 8.76. The highest BCUT2D eigenvalue weighted by Crippen LogP contribution is 2.50. The minimum Gasteiger partial charge on any atom is -0.496 e. The summed E-state index contributed by atoms with van der Waals surface area (Å²) >= 11 is 3.53. The fourth-order valence-corrected chi connectivity index (χ4v) is 4.90. The smallest absolute Gasteiger partial charge is 0.266 e. The van der Waals surface area contributed by atoms with E-state index in [1.807, 2.05) is 73.7 Å². The van der Waals surface area contributed by atoms with Crippen molar-refractivity contribution in [3.8, 4) is 5.75 Å². The van der Waals surface area contributed by atoms with E-state index in [1.54, 1.807) is 18.2 Å². The summed E-state index contributed by atoms with van der Waals surface area (Å²) in [5, 5.41) is 1.67. The van der Waals surface area contributed by atoms with Gasteiger partial charge >= 0.3 is 0 Å². The largest absolute Gasteiger partial charge is 0.496 e. The average molecular weight is 493 g/mol. The maximum atomic E-state index is 13.7. The van der Waals surface area contributed by atoms with Gasteiger partial charge in [-0.1, -0.05) is 52.3 Å². The molecule has 0 aliphatic carbocycles. The number of fused-ring (bicyclic) bond motifs is 1. The monoisotopic (exact) mass is 492 g/mol. The molecule has 0 saturated carbocycles. The van der Waals surface area contributed by atoms with E-state index >= 15 is 0 Å². The molecule has 6 nitrogen and oxygen atoms in total. The molecule has 2 fully saturated rings. The molecule has 0 spiro atoms. The van der Waals surface area contributed by atoms with Gasteiger partial charge in [-0.3, -0.25) is 14.4 Å². The number of halogens is 1. The third kappa shape index (κ3) is 3.20. The van der Waals surface area contributed by atoms with Crippen LogP contribution in [0.1, 0.15) is 17.2 Å². The number of methoxy groups -OCH3 is 1. The molecule has 7 heteroatoms. The Labute approximate surface area is 194 Å². The van der Waals surface area contributed by atoms with Crippen LogP contribution in [0, 0.1) is 12.8 Å². The van der Waals surface area contributed by atoms with E-state index in [1.165, 1.54) is 4.90 Å². The Kier molecular flexibility index (Phi) is 5.23. The van der Waals surface area contributed by atoms with Crippen molar-refractivity contribution >= 4 is 39.1 Å². The number of hydroxylamine groups is 1. The molecule has 32 heavy (non-hydrogen) atoms. The predicted octanol–water partition coefficient (Wildman–Crippen LogP) is 4.82. The Bertz CT molecular complexity index is 1200. The van der Waals surface area contributed by atoms with E-state index < -0.39 is 18.1 Å². The molecule has 0 aromatic heterocycles. The number of hydrogen-bond acceptors (Lipinski definition) is 5. The molecule has 2 aliphatic heterocycles. The van der Waals surface area contributed by atoms with Crippen molar-refractivity contribution in [2.24, 2.45) is 5.92 Å². The molecular weight excluding hydrogens is 472 g/mol. The number of imide groups is 1. The maximum Gasteiger partial charge on any atom is 0.266 e. The average Bonchev–Trinajstić information content (AvgIpc) is 3.31. The fraction of sp³-hybridized carbons (Fsp3) is 0.200.